The first-order chi connectivity index (χ1) is 32.3. The number of fused-ring (bicyclic) bond motifs is 6. The van der Waals surface area contributed by atoms with Gasteiger partial charge < -0.3 is 14.0 Å². The Kier molecular flexibility index (Phi) is 6.95. The first-order valence-electron chi connectivity index (χ1n) is 22.5. The van der Waals surface area contributed by atoms with Crippen molar-refractivity contribution in [1.29, 1.82) is 0 Å². The third-order valence-electron chi connectivity index (χ3n) is 14.3. The molecule has 0 atom stereocenters. The summed E-state index contributed by atoms with van der Waals surface area (Å²) < 4.78 is 4.98. The Balaban J connectivity index is 1.12. The van der Waals surface area contributed by atoms with E-state index >= 15 is 0 Å². The lowest BCUT2D eigenvalue weighted by atomic mass is 9.91. The third-order valence-corrected chi connectivity index (χ3v) is 14.3. The molecule has 0 aliphatic carbocycles. The number of benzene rings is 13. The summed E-state index contributed by atoms with van der Waals surface area (Å²) in [7, 11) is 0. The Labute approximate surface area is 373 Å². The quantitative estimate of drug-likeness (QED) is 0.158. The zero-order valence-corrected chi connectivity index (χ0v) is 35.2. The second kappa shape index (κ2) is 12.9. The van der Waals surface area contributed by atoms with E-state index in [9.17, 15) is 0 Å². The molecule has 0 radical (unpaired) electrons. The number of nitrogens with zero attached hydrogens (tertiary/aromatic N) is 3. The largest absolute Gasteiger partial charge is 0.309 e. The zero-order valence-electron chi connectivity index (χ0n) is 35.2. The zero-order chi connectivity index (χ0) is 42.3. The molecule has 13 aromatic carbocycles. The number of hydrogen-bond acceptors (Lipinski definition) is 1. The molecule has 0 bridgehead atoms. The fourth-order valence-electron chi connectivity index (χ4n) is 11.7. The molecule has 0 spiro atoms. The van der Waals surface area contributed by atoms with Crippen molar-refractivity contribution in [3.8, 4) is 11.4 Å². The van der Waals surface area contributed by atoms with Crippen LogP contribution < -0.4 is 4.90 Å². The average Bonchev–Trinajstić information content (AvgIpc) is 3.90. The molecule has 0 saturated carbocycles. The standard InChI is InChI=1S/C62H37N3/c1-2-16-44(17-3-1)63-51-22-7-5-19-47(51)61-54(63)23-11-24-55(61)65-50-21-6-4-18-45(50)46-20-10-25-56(62(46)65)64(52-36-32-42-28-26-38-12-8-14-40-30-34-48(52)59(42)57(38)40)53-37-33-43-29-27-39-13-9-15-41-31-35-49(53)60(43)58(39)41/h1-37H. The Morgan fingerprint density at radius 3 is 1.34 bits per heavy atom. The van der Waals surface area contributed by atoms with Crippen LogP contribution in [0.25, 0.3) is 120 Å². The number of aromatic nitrogens is 2. The molecule has 0 fully saturated rings. The molecule has 2 heterocycles. The van der Waals surface area contributed by atoms with E-state index in [0.29, 0.717) is 0 Å². The van der Waals surface area contributed by atoms with Crippen molar-refractivity contribution in [2.45, 2.75) is 0 Å². The van der Waals surface area contributed by atoms with Gasteiger partial charge in [-0.3, -0.25) is 0 Å². The first kappa shape index (κ1) is 34.9. The summed E-state index contributed by atoms with van der Waals surface area (Å²) in [5, 5.41) is 20.1. The van der Waals surface area contributed by atoms with Gasteiger partial charge in [0.15, 0.2) is 0 Å². The van der Waals surface area contributed by atoms with Gasteiger partial charge in [0.25, 0.3) is 0 Å². The molecule has 65 heavy (non-hydrogen) atoms. The smallest absolute Gasteiger partial charge is 0.0782 e. The van der Waals surface area contributed by atoms with Gasteiger partial charge in [0.1, 0.15) is 0 Å². The van der Waals surface area contributed by atoms with Gasteiger partial charge >= 0.3 is 0 Å². The van der Waals surface area contributed by atoms with Crippen LogP contribution >= 0.6 is 0 Å². The fraction of sp³-hybridized carbons (Fsp3) is 0. The summed E-state index contributed by atoms with van der Waals surface area (Å²) in [6.07, 6.45) is 0. The predicted molar refractivity (Wildman–Crippen MR) is 277 cm³/mol. The number of rotatable bonds is 5. The van der Waals surface area contributed by atoms with Crippen molar-refractivity contribution in [3.63, 3.8) is 0 Å². The highest BCUT2D eigenvalue weighted by Crippen LogP contribution is 2.51. The number of anilines is 3. The van der Waals surface area contributed by atoms with Crippen molar-refractivity contribution in [1.82, 2.24) is 9.13 Å². The maximum absolute atomic E-state index is 2.59. The van der Waals surface area contributed by atoms with Gasteiger partial charge in [-0.15, -0.1) is 0 Å². The molecule has 2 aromatic heterocycles. The molecule has 15 aromatic rings. The number of para-hydroxylation sites is 4. The van der Waals surface area contributed by atoms with Crippen LogP contribution in [0, 0.1) is 0 Å². The van der Waals surface area contributed by atoms with Gasteiger partial charge in [0.05, 0.1) is 44.8 Å². The Bertz CT molecular complexity index is 4240. The Morgan fingerprint density at radius 2 is 0.708 bits per heavy atom. The first-order valence-corrected chi connectivity index (χ1v) is 22.5. The molecule has 300 valence electrons. The van der Waals surface area contributed by atoms with Crippen LogP contribution in [0.15, 0.2) is 224 Å². The van der Waals surface area contributed by atoms with Gasteiger partial charge in [0, 0.05) is 38.0 Å². The molecule has 0 aliphatic heterocycles. The summed E-state index contributed by atoms with van der Waals surface area (Å²) in [6, 6.07) is 83.6. The monoisotopic (exact) mass is 823 g/mol. The van der Waals surface area contributed by atoms with Crippen LogP contribution in [-0.4, -0.2) is 9.13 Å². The van der Waals surface area contributed by atoms with E-state index in [1.54, 1.807) is 0 Å². The lowest BCUT2D eigenvalue weighted by molar-refractivity contribution is 1.17. The van der Waals surface area contributed by atoms with E-state index < -0.39 is 0 Å². The summed E-state index contributed by atoms with van der Waals surface area (Å²) in [5.74, 6) is 0. The molecule has 0 saturated heterocycles. The van der Waals surface area contributed by atoms with E-state index in [-0.39, 0.29) is 0 Å². The van der Waals surface area contributed by atoms with Crippen LogP contribution in [-0.2, 0) is 0 Å². The van der Waals surface area contributed by atoms with Crippen LogP contribution in [0.5, 0.6) is 0 Å². The fourth-order valence-corrected chi connectivity index (χ4v) is 11.7. The second-order valence-corrected chi connectivity index (χ2v) is 17.6. The molecular weight excluding hydrogens is 787 g/mol. The number of hydrogen-bond donors (Lipinski definition) is 0. The van der Waals surface area contributed by atoms with E-state index in [2.05, 4.69) is 238 Å². The predicted octanol–water partition coefficient (Wildman–Crippen LogP) is 17.1. The summed E-state index contributed by atoms with van der Waals surface area (Å²) in [5.41, 5.74) is 10.4. The Morgan fingerprint density at radius 1 is 0.246 bits per heavy atom. The van der Waals surface area contributed by atoms with Crippen LogP contribution in [0.3, 0.4) is 0 Å². The minimum atomic E-state index is 1.12. The molecular formula is C62H37N3. The van der Waals surface area contributed by atoms with Crippen LogP contribution in [0.1, 0.15) is 0 Å². The third kappa shape index (κ3) is 4.68. The van der Waals surface area contributed by atoms with E-state index in [1.807, 2.05) is 0 Å². The molecule has 0 amide bonds. The molecule has 3 nitrogen and oxygen atoms in total. The summed E-state index contributed by atoms with van der Waals surface area (Å²) in [6.45, 7) is 0. The SMILES string of the molecule is c1ccc(-n2c3ccccc3c3c(-n4c5ccccc5c5cccc(N(c6ccc7ccc8cccc9ccc6c7c89)c6ccc7ccc8cccc9ccc6c7c89)c54)cccc32)cc1. The lowest BCUT2D eigenvalue weighted by Gasteiger charge is -2.30. The average molecular weight is 824 g/mol. The van der Waals surface area contributed by atoms with Gasteiger partial charge in [-0.25, -0.2) is 0 Å². The van der Waals surface area contributed by atoms with Crippen LogP contribution in [0.2, 0.25) is 0 Å². The van der Waals surface area contributed by atoms with E-state index in [1.165, 1.54) is 103 Å². The van der Waals surface area contributed by atoms with Crippen molar-refractivity contribution >= 4 is 125 Å². The van der Waals surface area contributed by atoms with Crippen molar-refractivity contribution < 1.29 is 0 Å². The molecule has 0 aliphatic rings. The highest BCUT2D eigenvalue weighted by atomic mass is 15.2. The topological polar surface area (TPSA) is 13.1 Å². The molecule has 3 heteroatoms. The minimum absolute atomic E-state index is 1.12. The van der Waals surface area contributed by atoms with Gasteiger partial charge in [-0.05, 0) is 108 Å². The maximum Gasteiger partial charge on any atom is 0.0782 e. The lowest BCUT2D eigenvalue weighted by Crippen LogP contribution is -2.13. The van der Waals surface area contributed by atoms with Gasteiger partial charge in [-0.1, -0.05) is 170 Å². The van der Waals surface area contributed by atoms with Gasteiger partial charge in [-0.2, -0.15) is 0 Å². The van der Waals surface area contributed by atoms with E-state index in [4.69, 9.17) is 0 Å². The van der Waals surface area contributed by atoms with Gasteiger partial charge in [0.2, 0.25) is 0 Å². The van der Waals surface area contributed by atoms with E-state index in [0.717, 1.165) is 34.0 Å². The second-order valence-electron chi connectivity index (χ2n) is 17.6. The highest BCUT2D eigenvalue weighted by Gasteiger charge is 2.27. The molecule has 15 rings (SSSR count). The minimum Gasteiger partial charge on any atom is -0.309 e. The highest BCUT2D eigenvalue weighted by molar-refractivity contribution is 6.29. The maximum atomic E-state index is 2.59. The molecule has 0 N–H and O–H groups in total. The normalized spacial score (nSPS) is 12.3. The molecule has 0 unspecified atom stereocenters. The van der Waals surface area contributed by atoms with Crippen LogP contribution in [0.4, 0.5) is 17.1 Å². The Hall–Kier alpha value is -8.66. The van der Waals surface area contributed by atoms with Crippen molar-refractivity contribution in [2.75, 3.05) is 4.90 Å². The van der Waals surface area contributed by atoms with Crippen molar-refractivity contribution in [3.05, 3.63) is 224 Å². The summed E-state index contributed by atoms with van der Waals surface area (Å²) >= 11 is 0. The summed E-state index contributed by atoms with van der Waals surface area (Å²) in [4.78, 5) is 2.59. The van der Waals surface area contributed by atoms with Crippen molar-refractivity contribution in [2.24, 2.45) is 0 Å².